The number of hydrogen-bond donors (Lipinski definition) is 2. The number of ketones is 1. The van der Waals surface area contributed by atoms with Gasteiger partial charge in [0.2, 0.25) is 12.1 Å². The molecule has 0 aromatic carbocycles. The number of carboxylic acid groups (broad SMARTS) is 1. The van der Waals surface area contributed by atoms with Gasteiger partial charge in [0.25, 0.3) is 0 Å². The fraction of sp³-hybridized carbons (Fsp3) is 0.750. The van der Waals surface area contributed by atoms with Gasteiger partial charge in [-0.05, 0) is 5.92 Å². The van der Waals surface area contributed by atoms with Gasteiger partial charge in [-0.1, -0.05) is 18.4 Å². The second-order valence-corrected chi connectivity index (χ2v) is 4.94. The highest BCUT2D eigenvalue weighted by atomic mass is 31.1. The zero-order chi connectivity index (χ0) is 11.3. The van der Waals surface area contributed by atoms with E-state index in [1.165, 1.54) is 0 Å². The van der Waals surface area contributed by atoms with E-state index < -0.39 is 31.8 Å². The van der Waals surface area contributed by atoms with E-state index in [0.717, 1.165) is 0 Å². The molecule has 5 nitrogen and oxygen atoms in total. The van der Waals surface area contributed by atoms with Gasteiger partial charge in [-0.3, -0.25) is 4.79 Å². The van der Waals surface area contributed by atoms with Crippen molar-refractivity contribution in [2.75, 3.05) is 12.5 Å². The van der Waals surface area contributed by atoms with Crippen LogP contribution in [-0.4, -0.2) is 34.5 Å². The van der Waals surface area contributed by atoms with Crippen LogP contribution in [0.4, 0.5) is 0 Å². The van der Waals surface area contributed by atoms with Gasteiger partial charge in [-0.15, -0.1) is 0 Å². The van der Waals surface area contributed by atoms with E-state index in [-0.39, 0.29) is 12.1 Å². The lowest BCUT2D eigenvalue weighted by atomic mass is 9.93. The van der Waals surface area contributed by atoms with E-state index >= 15 is 0 Å². The van der Waals surface area contributed by atoms with Gasteiger partial charge in [-0.25, -0.2) is 4.79 Å². The summed E-state index contributed by atoms with van der Waals surface area (Å²) in [5.41, 5.74) is 0. The normalized spacial score (nSPS) is 13.9. The van der Waals surface area contributed by atoms with Crippen LogP contribution in [0.1, 0.15) is 13.8 Å². The summed E-state index contributed by atoms with van der Waals surface area (Å²) in [4.78, 5) is 21.5. The molecule has 0 saturated heterocycles. The van der Waals surface area contributed by atoms with Gasteiger partial charge in [-0.2, -0.15) is 0 Å². The number of Topliss-reactive ketones (excluding diaryl/α,β-unsaturated/α-hetero) is 1. The molecule has 14 heavy (non-hydrogen) atoms. The summed E-state index contributed by atoms with van der Waals surface area (Å²) < 4.78 is 11.0. The first-order chi connectivity index (χ1) is 6.40. The highest BCUT2D eigenvalue weighted by molar-refractivity contribution is 7.44. The van der Waals surface area contributed by atoms with Crippen LogP contribution in [0.3, 0.4) is 0 Å². The summed E-state index contributed by atoms with van der Waals surface area (Å²) in [6.07, 6.45) is -0.569. The molecular formula is C8H14O5P+. The topological polar surface area (TPSA) is 91.7 Å². The Morgan fingerprint density at radius 2 is 1.86 bits per heavy atom. The van der Waals surface area contributed by atoms with Crippen molar-refractivity contribution < 1.29 is 24.4 Å². The minimum Gasteiger partial charge on any atom is -0.475 e. The summed E-state index contributed by atoms with van der Waals surface area (Å²) in [5.74, 6) is -3.41. The van der Waals surface area contributed by atoms with Crippen molar-refractivity contribution in [2.45, 2.75) is 13.8 Å². The molecule has 0 amide bonds. The number of aliphatic carboxylic acids is 1. The monoisotopic (exact) mass is 221 g/mol. The molecule has 0 saturated carbocycles. The zero-order valence-corrected chi connectivity index (χ0v) is 9.03. The van der Waals surface area contributed by atoms with Crippen LogP contribution in [-0.2, 0) is 14.2 Å². The molecule has 6 heteroatoms. The molecule has 80 valence electrons. The Morgan fingerprint density at radius 3 is 2.14 bits per heavy atom. The molecule has 2 atom stereocenters. The molecule has 0 aliphatic carbocycles. The van der Waals surface area contributed by atoms with E-state index in [1.54, 1.807) is 13.8 Å². The lowest BCUT2D eigenvalue weighted by Crippen LogP contribution is -2.29. The van der Waals surface area contributed by atoms with Crippen LogP contribution in [0.2, 0.25) is 0 Å². The Morgan fingerprint density at radius 1 is 1.36 bits per heavy atom. The first-order valence-electron chi connectivity index (χ1n) is 4.20. The van der Waals surface area contributed by atoms with Crippen molar-refractivity contribution in [1.29, 1.82) is 0 Å². The van der Waals surface area contributed by atoms with Crippen molar-refractivity contribution in [2.24, 2.45) is 11.8 Å². The predicted molar refractivity (Wildman–Crippen MR) is 50.5 cm³/mol. The predicted octanol–water partition coefficient (Wildman–Crippen LogP) is 0.689. The molecular weight excluding hydrogens is 207 g/mol. The van der Waals surface area contributed by atoms with Crippen LogP contribution in [0.25, 0.3) is 0 Å². The average Bonchev–Trinajstić information content (AvgIpc) is 2.11. The molecule has 0 radical (unpaired) electrons. The highest BCUT2D eigenvalue weighted by Crippen LogP contribution is 2.27. The van der Waals surface area contributed by atoms with Gasteiger partial charge in [0.05, 0.1) is 5.92 Å². The molecule has 0 aromatic heterocycles. The third kappa shape index (κ3) is 3.94. The first kappa shape index (κ1) is 13.2. The average molecular weight is 221 g/mol. The fourth-order valence-electron chi connectivity index (χ4n) is 1.03. The molecule has 0 aliphatic heterocycles. The maximum absolute atomic E-state index is 11.1. The molecule has 2 unspecified atom stereocenters. The minimum absolute atomic E-state index is 0.0609. The van der Waals surface area contributed by atoms with E-state index in [1.807, 2.05) is 0 Å². The third-order valence-corrected chi connectivity index (χ3v) is 3.03. The standard InChI is InChI=1S/C8H13O5P/c1-5(2)6(3-14(13)4-9)7(10)8(11)12/h5-6,9H,3-4H2,1-2H3/p+1. The van der Waals surface area contributed by atoms with E-state index in [4.69, 9.17) is 10.2 Å². The number of carbonyl (C=O) groups is 2. The van der Waals surface area contributed by atoms with Crippen molar-refractivity contribution in [3.63, 3.8) is 0 Å². The molecule has 0 fully saturated rings. The molecule has 0 spiro atoms. The zero-order valence-electron chi connectivity index (χ0n) is 8.14. The van der Waals surface area contributed by atoms with E-state index in [0.29, 0.717) is 0 Å². The van der Waals surface area contributed by atoms with Gasteiger partial charge in [0.1, 0.15) is 0 Å². The number of hydrogen-bond acceptors (Lipinski definition) is 4. The summed E-state index contributed by atoms with van der Waals surface area (Å²) in [7, 11) is -1.89. The number of carbonyl (C=O) groups excluding carboxylic acids is 1. The fourth-order valence-corrected chi connectivity index (χ4v) is 2.17. The Hall–Kier alpha value is -0.800. The third-order valence-electron chi connectivity index (χ3n) is 1.91. The highest BCUT2D eigenvalue weighted by Gasteiger charge is 2.34. The first-order valence-corrected chi connectivity index (χ1v) is 5.83. The summed E-state index contributed by atoms with van der Waals surface area (Å²) >= 11 is 0. The lowest BCUT2D eigenvalue weighted by Gasteiger charge is -2.11. The van der Waals surface area contributed by atoms with Gasteiger partial charge >= 0.3 is 13.8 Å². The van der Waals surface area contributed by atoms with Crippen LogP contribution in [0.15, 0.2) is 0 Å². The minimum atomic E-state index is -1.89. The largest absolute Gasteiger partial charge is 0.475 e. The molecule has 0 rings (SSSR count). The summed E-state index contributed by atoms with van der Waals surface area (Å²) in [5, 5.41) is 17.0. The Kier molecular flexibility index (Phi) is 5.50. The lowest BCUT2D eigenvalue weighted by molar-refractivity contribution is -0.151. The van der Waals surface area contributed by atoms with Gasteiger partial charge in [0, 0.05) is 0 Å². The van der Waals surface area contributed by atoms with Crippen molar-refractivity contribution in [3.05, 3.63) is 0 Å². The van der Waals surface area contributed by atoms with Gasteiger partial charge in [0.15, 0.2) is 6.16 Å². The maximum Gasteiger partial charge on any atom is 0.372 e. The van der Waals surface area contributed by atoms with Crippen LogP contribution < -0.4 is 0 Å². The van der Waals surface area contributed by atoms with E-state index in [2.05, 4.69) is 0 Å². The Bertz CT molecular complexity index is 248. The Balaban J connectivity index is 4.53. The number of aliphatic hydroxyl groups excluding tert-OH is 1. The van der Waals surface area contributed by atoms with E-state index in [9.17, 15) is 14.2 Å². The van der Waals surface area contributed by atoms with Crippen LogP contribution in [0.5, 0.6) is 0 Å². The quantitative estimate of drug-likeness (QED) is 0.508. The maximum atomic E-state index is 11.1. The Labute approximate surface area is 82.9 Å². The molecule has 2 N–H and O–H groups in total. The smallest absolute Gasteiger partial charge is 0.372 e. The number of rotatable bonds is 6. The van der Waals surface area contributed by atoms with Crippen LogP contribution >= 0.6 is 7.80 Å². The summed E-state index contributed by atoms with van der Waals surface area (Å²) in [6.45, 7) is 3.37. The van der Waals surface area contributed by atoms with Crippen molar-refractivity contribution in [3.8, 4) is 0 Å². The molecule has 0 bridgehead atoms. The molecule has 0 heterocycles. The molecule has 0 aromatic rings. The SMILES string of the molecule is CC(C)C(C[P+](=O)CO)C(=O)C(=O)O. The van der Waals surface area contributed by atoms with Crippen LogP contribution in [0, 0.1) is 11.8 Å². The number of aliphatic hydroxyl groups is 1. The number of carboxylic acids is 1. The second kappa shape index (κ2) is 5.83. The second-order valence-electron chi connectivity index (χ2n) is 3.33. The van der Waals surface area contributed by atoms with Gasteiger partial charge < -0.3 is 10.2 Å². The molecule has 0 aliphatic rings. The van der Waals surface area contributed by atoms with Crippen molar-refractivity contribution >= 4 is 19.6 Å². The summed E-state index contributed by atoms with van der Waals surface area (Å²) in [6, 6.07) is 0. The van der Waals surface area contributed by atoms with Crippen molar-refractivity contribution in [1.82, 2.24) is 0 Å².